The van der Waals surface area contributed by atoms with Crippen molar-refractivity contribution in [1.29, 1.82) is 0 Å². The van der Waals surface area contributed by atoms with Crippen molar-refractivity contribution in [2.24, 2.45) is 5.92 Å². The molecule has 1 atom stereocenters. The van der Waals surface area contributed by atoms with Crippen LogP contribution >= 0.6 is 15.9 Å². The summed E-state index contributed by atoms with van der Waals surface area (Å²) in [4.78, 5) is 38.6. The molecule has 1 saturated heterocycles. The van der Waals surface area contributed by atoms with E-state index in [0.717, 1.165) is 32.4 Å². The fourth-order valence-electron chi connectivity index (χ4n) is 3.37. The van der Waals surface area contributed by atoms with Crippen molar-refractivity contribution < 1.29 is 19.1 Å². The molecule has 7 heteroatoms. The molecular formula is C23H25BrN2O4. The summed E-state index contributed by atoms with van der Waals surface area (Å²) in [6.07, 6.45) is 0.0817. The molecule has 0 saturated carbocycles. The Bertz CT molecular complexity index is 1020. The number of carbonyl (C=O) groups excluding carboxylic acids is 3. The molecule has 0 unspecified atom stereocenters. The lowest BCUT2D eigenvalue weighted by Gasteiger charge is -2.18. The molecule has 1 aliphatic heterocycles. The minimum atomic E-state index is -0.580. The number of ether oxygens (including phenoxy) is 1. The van der Waals surface area contributed by atoms with E-state index in [1.807, 2.05) is 52.0 Å². The van der Waals surface area contributed by atoms with Gasteiger partial charge in [-0.2, -0.15) is 0 Å². The molecule has 2 aromatic rings. The number of anilines is 2. The van der Waals surface area contributed by atoms with Crippen LogP contribution in [0.5, 0.6) is 0 Å². The topological polar surface area (TPSA) is 75.7 Å². The zero-order valence-corrected chi connectivity index (χ0v) is 19.1. The molecule has 1 aliphatic rings. The molecule has 0 bridgehead atoms. The molecule has 158 valence electrons. The Morgan fingerprint density at radius 3 is 2.53 bits per heavy atom. The third-order valence-corrected chi connectivity index (χ3v) is 6.46. The summed E-state index contributed by atoms with van der Waals surface area (Å²) in [5.74, 6) is -1.65. The summed E-state index contributed by atoms with van der Waals surface area (Å²) in [6, 6.07) is 9.43. The van der Waals surface area contributed by atoms with Crippen LogP contribution in [-0.4, -0.2) is 30.9 Å². The molecule has 0 spiro atoms. The predicted molar refractivity (Wildman–Crippen MR) is 120 cm³/mol. The van der Waals surface area contributed by atoms with Gasteiger partial charge in [0.05, 0.1) is 5.92 Å². The summed E-state index contributed by atoms with van der Waals surface area (Å²) in [5.41, 5.74) is 5.64. The van der Waals surface area contributed by atoms with Crippen molar-refractivity contribution in [3.8, 4) is 0 Å². The van der Waals surface area contributed by atoms with Crippen LogP contribution in [0.25, 0.3) is 0 Å². The van der Waals surface area contributed by atoms with Gasteiger partial charge in [0.25, 0.3) is 5.91 Å². The largest absolute Gasteiger partial charge is 0.455 e. The first-order chi connectivity index (χ1) is 14.2. The van der Waals surface area contributed by atoms with Crippen molar-refractivity contribution in [3.05, 3.63) is 57.1 Å². The van der Waals surface area contributed by atoms with E-state index in [1.165, 1.54) is 0 Å². The van der Waals surface area contributed by atoms with Crippen molar-refractivity contribution in [2.75, 3.05) is 23.4 Å². The maximum absolute atomic E-state index is 12.4. The molecule has 1 N–H and O–H groups in total. The number of benzene rings is 2. The van der Waals surface area contributed by atoms with E-state index >= 15 is 0 Å². The van der Waals surface area contributed by atoms with Crippen molar-refractivity contribution in [1.82, 2.24) is 0 Å². The zero-order chi connectivity index (χ0) is 22.0. The van der Waals surface area contributed by atoms with Crippen LogP contribution in [-0.2, 0) is 19.1 Å². The Labute approximate surface area is 184 Å². The maximum Gasteiger partial charge on any atom is 0.311 e. The van der Waals surface area contributed by atoms with Crippen LogP contribution in [0.3, 0.4) is 0 Å². The fourth-order valence-corrected chi connectivity index (χ4v) is 3.80. The fraction of sp³-hybridized carbons (Fsp3) is 0.348. The Morgan fingerprint density at radius 2 is 1.83 bits per heavy atom. The van der Waals surface area contributed by atoms with Gasteiger partial charge in [0.1, 0.15) is 0 Å². The minimum Gasteiger partial charge on any atom is -0.455 e. The highest BCUT2D eigenvalue weighted by atomic mass is 79.9. The van der Waals surface area contributed by atoms with Crippen LogP contribution in [0.2, 0.25) is 0 Å². The summed E-state index contributed by atoms with van der Waals surface area (Å²) in [5, 5.41) is 2.76. The third-order valence-electron chi connectivity index (χ3n) is 5.60. The van der Waals surface area contributed by atoms with Crippen molar-refractivity contribution >= 4 is 45.1 Å². The zero-order valence-electron chi connectivity index (χ0n) is 17.5. The van der Waals surface area contributed by atoms with E-state index in [4.69, 9.17) is 4.74 Å². The van der Waals surface area contributed by atoms with E-state index < -0.39 is 17.8 Å². The normalized spacial score (nSPS) is 16.0. The van der Waals surface area contributed by atoms with Gasteiger partial charge in [-0.05, 0) is 74.2 Å². The second-order valence-corrected chi connectivity index (χ2v) is 8.53. The average molecular weight is 473 g/mol. The summed E-state index contributed by atoms with van der Waals surface area (Å²) < 4.78 is 6.15. The van der Waals surface area contributed by atoms with Crippen molar-refractivity contribution in [2.45, 2.75) is 34.1 Å². The van der Waals surface area contributed by atoms with E-state index in [2.05, 4.69) is 21.2 Å². The lowest BCUT2D eigenvalue weighted by Crippen LogP contribution is -2.28. The van der Waals surface area contributed by atoms with E-state index in [0.29, 0.717) is 5.69 Å². The Morgan fingerprint density at radius 1 is 1.10 bits per heavy atom. The highest BCUT2D eigenvalue weighted by Gasteiger charge is 2.36. The van der Waals surface area contributed by atoms with Gasteiger partial charge in [-0.25, -0.2) is 0 Å². The van der Waals surface area contributed by atoms with Crippen LogP contribution in [0, 0.1) is 33.6 Å². The number of nitrogens with one attached hydrogen (secondary N) is 1. The van der Waals surface area contributed by atoms with E-state index in [-0.39, 0.29) is 25.5 Å². The molecule has 1 heterocycles. The molecular weight excluding hydrogens is 448 g/mol. The molecule has 0 aliphatic carbocycles. The lowest BCUT2D eigenvalue weighted by atomic mass is 10.1. The van der Waals surface area contributed by atoms with Crippen LogP contribution in [0.15, 0.2) is 34.8 Å². The predicted octanol–water partition coefficient (Wildman–Crippen LogP) is 4.22. The first-order valence-corrected chi connectivity index (χ1v) is 10.6. The standard InChI is InChI=1S/C23H25BrN2O4/c1-13-5-6-18(9-14(13)2)26-11-17(10-22(26)28)23(29)30-12-21(27)25-20-8-7-19(24)15(3)16(20)4/h5-9,17H,10-12H2,1-4H3,(H,25,27)/t17-/m1/s1. The lowest BCUT2D eigenvalue weighted by molar-refractivity contribution is -0.151. The smallest absolute Gasteiger partial charge is 0.311 e. The number of hydrogen-bond acceptors (Lipinski definition) is 4. The van der Waals surface area contributed by atoms with Gasteiger partial charge in [-0.15, -0.1) is 0 Å². The number of amides is 2. The van der Waals surface area contributed by atoms with E-state index in [9.17, 15) is 14.4 Å². The number of nitrogens with zero attached hydrogens (tertiary/aromatic N) is 1. The Hall–Kier alpha value is -2.67. The first kappa shape index (κ1) is 22.0. The molecule has 6 nitrogen and oxygen atoms in total. The molecule has 2 amide bonds. The molecule has 0 aromatic heterocycles. The van der Waals surface area contributed by atoms with Gasteiger partial charge in [-0.1, -0.05) is 22.0 Å². The third kappa shape index (κ3) is 4.73. The first-order valence-electron chi connectivity index (χ1n) is 9.77. The van der Waals surface area contributed by atoms with Crippen LogP contribution in [0.4, 0.5) is 11.4 Å². The molecule has 1 fully saturated rings. The van der Waals surface area contributed by atoms with Crippen LogP contribution in [0.1, 0.15) is 28.7 Å². The highest BCUT2D eigenvalue weighted by Crippen LogP contribution is 2.28. The number of carbonyl (C=O) groups is 3. The highest BCUT2D eigenvalue weighted by molar-refractivity contribution is 9.10. The van der Waals surface area contributed by atoms with Gasteiger partial charge in [-0.3, -0.25) is 14.4 Å². The van der Waals surface area contributed by atoms with Gasteiger partial charge in [0.15, 0.2) is 6.61 Å². The van der Waals surface area contributed by atoms with Gasteiger partial charge in [0.2, 0.25) is 5.91 Å². The minimum absolute atomic E-state index is 0.0817. The summed E-state index contributed by atoms with van der Waals surface area (Å²) >= 11 is 3.45. The number of aryl methyl sites for hydroxylation is 2. The molecule has 3 rings (SSSR count). The molecule has 30 heavy (non-hydrogen) atoms. The summed E-state index contributed by atoms with van der Waals surface area (Å²) in [6.45, 7) is 7.72. The van der Waals surface area contributed by atoms with E-state index in [1.54, 1.807) is 11.0 Å². The van der Waals surface area contributed by atoms with Crippen molar-refractivity contribution in [3.63, 3.8) is 0 Å². The number of hydrogen-bond donors (Lipinski definition) is 1. The second-order valence-electron chi connectivity index (χ2n) is 7.67. The van der Waals surface area contributed by atoms with Gasteiger partial charge >= 0.3 is 5.97 Å². The quantitative estimate of drug-likeness (QED) is 0.660. The van der Waals surface area contributed by atoms with Crippen LogP contribution < -0.4 is 10.2 Å². The average Bonchev–Trinajstić information content (AvgIpc) is 3.10. The number of halogens is 1. The number of rotatable bonds is 5. The molecule has 0 radical (unpaired) electrons. The Balaban J connectivity index is 1.56. The number of esters is 1. The molecule has 2 aromatic carbocycles. The monoisotopic (exact) mass is 472 g/mol. The van der Waals surface area contributed by atoms with Gasteiger partial charge in [0, 0.05) is 28.8 Å². The Kier molecular flexibility index (Phi) is 6.61. The van der Waals surface area contributed by atoms with Gasteiger partial charge < -0.3 is 15.0 Å². The summed E-state index contributed by atoms with van der Waals surface area (Å²) in [7, 11) is 0. The SMILES string of the molecule is Cc1ccc(N2C[C@H](C(=O)OCC(=O)Nc3ccc(Br)c(C)c3C)CC2=O)cc1C. The second kappa shape index (κ2) is 9.00. The maximum atomic E-state index is 12.4.